The molecule has 1 aromatic heterocycles. The Hall–Kier alpha value is -0.810. The molecule has 0 bridgehead atoms. The number of nitrogens with zero attached hydrogens (tertiary/aromatic N) is 3. The second kappa shape index (κ2) is 6.21. The molecule has 1 unspecified atom stereocenters. The molecule has 1 aliphatic rings. The lowest BCUT2D eigenvalue weighted by molar-refractivity contribution is 0.221. The summed E-state index contributed by atoms with van der Waals surface area (Å²) in [6.07, 6.45) is 3.70. The molecule has 5 heteroatoms. The Morgan fingerprint density at radius 2 is 2.35 bits per heavy atom. The highest BCUT2D eigenvalue weighted by molar-refractivity contribution is 7.99. The Kier molecular flexibility index (Phi) is 4.62. The van der Waals surface area contributed by atoms with Crippen molar-refractivity contribution in [2.24, 2.45) is 0 Å². The average molecular weight is 252 g/mol. The fourth-order valence-corrected chi connectivity index (χ4v) is 3.00. The number of anilines is 1. The minimum atomic E-state index is 0.643. The van der Waals surface area contributed by atoms with Crippen LogP contribution in [0.1, 0.15) is 19.5 Å². The fraction of sp³-hybridized carbons (Fsp3) is 0.667. The number of thioether (sulfide) groups is 1. The van der Waals surface area contributed by atoms with Crippen LogP contribution in [-0.4, -0.2) is 45.5 Å². The Morgan fingerprint density at radius 3 is 3.00 bits per heavy atom. The van der Waals surface area contributed by atoms with Crippen LogP contribution in [0.25, 0.3) is 0 Å². The first-order valence-corrected chi connectivity index (χ1v) is 7.31. The third-order valence-electron chi connectivity index (χ3n) is 2.93. The predicted octanol–water partition coefficient (Wildman–Crippen LogP) is 1.85. The van der Waals surface area contributed by atoms with E-state index in [9.17, 15) is 0 Å². The van der Waals surface area contributed by atoms with Crippen LogP contribution in [-0.2, 0) is 6.54 Å². The van der Waals surface area contributed by atoms with Crippen molar-refractivity contribution in [1.82, 2.24) is 14.9 Å². The van der Waals surface area contributed by atoms with Crippen molar-refractivity contribution in [2.75, 3.05) is 29.9 Å². The smallest absolute Gasteiger partial charge is 0.144 e. The standard InChI is InChI=1S/C12H20N4S/c1-3-13-12-7-14-11(6-15-12)8-16-4-5-17-9-10(16)2/h6-7,10H,3-5,8-9H2,1-2H3,(H,13,15). The van der Waals surface area contributed by atoms with Crippen LogP contribution in [0, 0.1) is 0 Å². The molecular weight excluding hydrogens is 232 g/mol. The number of rotatable bonds is 4. The van der Waals surface area contributed by atoms with E-state index < -0.39 is 0 Å². The van der Waals surface area contributed by atoms with Crippen molar-refractivity contribution in [3.63, 3.8) is 0 Å². The van der Waals surface area contributed by atoms with Crippen LogP contribution < -0.4 is 5.32 Å². The van der Waals surface area contributed by atoms with Crippen LogP contribution in [0.3, 0.4) is 0 Å². The van der Waals surface area contributed by atoms with E-state index in [1.54, 1.807) is 0 Å². The Bertz CT molecular complexity index is 341. The van der Waals surface area contributed by atoms with Crippen LogP contribution in [0.4, 0.5) is 5.82 Å². The highest BCUT2D eigenvalue weighted by atomic mass is 32.2. The molecule has 1 aliphatic heterocycles. The van der Waals surface area contributed by atoms with Gasteiger partial charge in [0.2, 0.25) is 0 Å². The van der Waals surface area contributed by atoms with Crippen LogP contribution in [0.2, 0.25) is 0 Å². The zero-order chi connectivity index (χ0) is 12.1. The van der Waals surface area contributed by atoms with Gasteiger partial charge in [0.05, 0.1) is 18.1 Å². The molecule has 1 N–H and O–H groups in total. The van der Waals surface area contributed by atoms with Gasteiger partial charge in [-0.25, -0.2) is 4.98 Å². The highest BCUT2D eigenvalue weighted by Gasteiger charge is 2.18. The Morgan fingerprint density at radius 1 is 1.47 bits per heavy atom. The molecule has 94 valence electrons. The molecule has 1 aromatic rings. The van der Waals surface area contributed by atoms with Crippen molar-refractivity contribution in [3.8, 4) is 0 Å². The molecule has 1 atom stereocenters. The van der Waals surface area contributed by atoms with E-state index in [1.165, 1.54) is 11.5 Å². The summed E-state index contributed by atoms with van der Waals surface area (Å²) >= 11 is 2.04. The maximum absolute atomic E-state index is 4.45. The summed E-state index contributed by atoms with van der Waals surface area (Å²) in [6.45, 7) is 7.30. The largest absolute Gasteiger partial charge is 0.369 e. The van der Waals surface area contributed by atoms with Crippen molar-refractivity contribution in [1.29, 1.82) is 0 Å². The SMILES string of the molecule is CCNc1cnc(CN2CCSCC2C)cn1. The van der Waals surface area contributed by atoms with E-state index in [2.05, 4.69) is 34.0 Å². The van der Waals surface area contributed by atoms with Crippen molar-refractivity contribution in [3.05, 3.63) is 18.1 Å². The molecular formula is C12H20N4S. The quantitative estimate of drug-likeness (QED) is 0.885. The van der Waals surface area contributed by atoms with Crippen molar-refractivity contribution >= 4 is 17.6 Å². The Balaban J connectivity index is 1.93. The zero-order valence-electron chi connectivity index (χ0n) is 10.5. The molecule has 0 amide bonds. The summed E-state index contributed by atoms with van der Waals surface area (Å²) in [7, 11) is 0. The first-order valence-electron chi connectivity index (χ1n) is 6.16. The van der Waals surface area contributed by atoms with Gasteiger partial charge in [-0.3, -0.25) is 9.88 Å². The summed E-state index contributed by atoms with van der Waals surface area (Å²) in [5.41, 5.74) is 1.06. The zero-order valence-corrected chi connectivity index (χ0v) is 11.3. The minimum absolute atomic E-state index is 0.643. The van der Waals surface area contributed by atoms with Gasteiger partial charge in [-0.15, -0.1) is 0 Å². The lowest BCUT2D eigenvalue weighted by Gasteiger charge is -2.32. The molecule has 1 fully saturated rings. The van der Waals surface area contributed by atoms with E-state index in [4.69, 9.17) is 0 Å². The van der Waals surface area contributed by atoms with Gasteiger partial charge in [0.15, 0.2) is 0 Å². The van der Waals surface area contributed by atoms with Gasteiger partial charge in [0, 0.05) is 37.2 Å². The van der Waals surface area contributed by atoms with E-state index in [0.29, 0.717) is 6.04 Å². The van der Waals surface area contributed by atoms with Gasteiger partial charge in [-0.05, 0) is 13.8 Å². The van der Waals surface area contributed by atoms with Crippen molar-refractivity contribution < 1.29 is 0 Å². The molecule has 0 aliphatic carbocycles. The average Bonchev–Trinajstić information content (AvgIpc) is 2.35. The second-order valence-electron chi connectivity index (χ2n) is 4.32. The number of aromatic nitrogens is 2. The topological polar surface area (TPSA) is 41.1 Å². The monoisotopic (exact) mass is 252 g/mol. The van der Waals surface area contributed by atoms with Crippen molar-refractivity contribution in [2.45, 2.75) is 26.4 Å². The molecule has 2 heterocycles. The summed E-state index contributed by atoms with van der Waals surface area (Å²) in [6, 6.07) is 0.643. The van der Waals surface area contributed by atoms with E-state index in [0.717, 1.165) is 31.1 Å². The first-order chi connectivity index (χ1) is 8.29. The minimum Gasteiger partial charge on any atom is -0.369 e. The second-order valence-corrected chi connectivity index (χ2v) is 5.47. The Labute approximate surface area is 107 Å². The maximum atomic E-state index is 4.45. The third kappa shape index (κ3) is 3.57. The third-order valence-corrected chi connectivity index (χ3v) is 4.12. The molecule has 2 rings (SSSR count). The molecule has 17 heavy (non-hydrogen) atoms. The maximum Gasteiger partial charge on any atom is 0.144 e. The van der Waals surface area contributed by atoms with Gasteiger partial charge in [-0.1, -0.05) is 0 Å². The normalized spacial score (nSPS) is 21.4. The van der Waals surface area contributed by atoms with E-state index in [-0.39, 0.29) is 0 Å². The summed E-state index contributed by atoms with van der Waals surface area (Å²) in [5, 5.41) is 3.16. The summed E-state index contributed by atoms with van der Waals surface area (Å²) in [4.78, 5) is 11.3. The molecule has 0 radical (unpaired) electrons. The number of nitrogens with one attached hydrogen (secondary N) is 1. The molecule has 1 saturated heterocycles. The summed E-state index contributed by atoms with van der Waals surface area (Å²) in [5.74, 6) is 3.31. The first kappa shape index (κ1) is 12.6. The van der Waals surface area contributed by atoms with Crippen LogP contribution in [0.5, 0.6) is 0 Å². The highest BCUT2D eigenvalue weighted by Crippen LogP contribution is 2.17. The predicted molar refractivity (Wildman–Crippen MR) is 73.4 cm³/mol. The van der Waals surface area contributed by atoms with Gasteiger partial charge in [0.1, 0.15) is 5.82 Å². The van der Waals surface area contributed by atoms with Gasteiger partial charge < -0.3 is 5.32 Å². The van der Waals surface area contributed by atoms with Gasteiger partial charge in [-0.2, -0.15) is 11.8 Å². The summed E-state index contributed by atoms with van der Waals surface area (Å²) < 4.78 is 0. The molecule has 4 nitrogen and oxygen atoms in total. The van der Waals surface area contributed by atoms with E-state index >= 15 is 0 Å². The molecule has 0 saturated carbocycles. The fourth-order valence-electron chi connectivity index (χ4n) is 1.91. The lowest BCUT2D eigenvalue weighted by Crippen LogP contribution is -2.39. The molecule has 0 aromatic carbocycles. The van der Waals surface area contributed by atoms with Gasteiger partial charge in [0.25, 0.3) is 0 Å². The number of hydrogen-bond donors (Lipinski definition) is 1. The molecule has 0 spiro atoms. The lowest BCUT2D eigenvalue weighted by atomic mass is 10.3. The number of hydrogen-bond acceptors (Lipinski definition) is 5. The van der Waals surface area contributed by atoms with Crippen LogP contribution in [0.15, 0.2) is 12.4 Å². The van der Waals surface area contributed by atoms with Gasteiger partial charge >= 0.3 is 0 Å². The van der Waals surface area contributed by atoms with Crippen LogP contribution >= 0.6 is 11.8 Å². The van der Waals surface area contributed by atoms with E-state index in [1.807, 2.05) is 24.2 Å².